The Labute approximate surface area is 149 Å². The number of H-pyrrole nitrogens is 1. The third kappa shape index (κ3) is 3.07. The second-order valence-corrected chi connectivity index (χ2v) is 7.09. The van der Waals surface area contributed by atoms with Crippen LogP contribution in [0.1, 0.15) is 39.0 Å². The molecular weight excluding hydrogens is 338 g/mol. The first-order valence-corrected chi connectivity index (χ1v) is 8.72. The Morgan fingerprint density at radius 1 is 1.32 bits per heavy atom. The molecule has 0 aliphatic heterocycles. The smallest absolute Gasteiger partial charge is 0.339 e. The van der Waals surface area contributed by atoms with Crippen molar-refractivity contribution < 1.29 is 14.3 Å². The lowest BCUT2D eigenvalue weighted by Gasteiger charge is -2.09. The summed E-state index contributed by atoms with van der Waals surface area (Å²) >= 11 is 1.39. The Morgan fingerprint density at radius 3 is 2.80 bits per heavy atom. The number of hydrogen-bond donors (Lipinski definition) is 1. The van der Waals surface area contributed by atoms with E-state index < -0.39 is 5.97 Å². The van der Waals surface area contributed by atoms with E-state index in [1.54, 1.807) is 20.0 Å². The van der Waals surface area contributed by atoms with Gasteiger partial charge in [-0.2, -0.15) is 0 Å². The number of thioether (sulfide) groups is 1. The number of ketones is 1. The third-order valence-corrected chi connectivity index (χ3v) is 5.21. The zero-order valence-corrected chi connectivity index (χ0v) is 15.3. The number of Topliss-reactive ketones (excluding diaryl/α,β-unsaturated/α-hetero) is 1. The number of ether oxygens (including phenoxy) is 1. The molecule has 0 saturated carbocycles. The van der Waals surface area contributed by atoms with Gasteiger partial charge in [0, 0.05) is 11.9 Å². The number of carbonyl (C=O) groups is 2. The van der Waals surface area contributed by atoms with Crippen LogP contribution in [0.15, 0.2) is 35.7 Å². The molecule has 0 aromatic carbocycles. The predicted molar refractivity (Wildman–Crippen MR) is 96.4 cm³/mol. The second-order valence-electron chi connectivity index (χ2n) is 5.78. The summed E-state index contributed by atoms with van der Waals surface area (Å²) in [6.07, 6.45) is 3.69. The highest BCUT2D eigenvalue weighted by atomic mass is 32.2. The van der Waals surface area contributed by atoms with Gasteiger partial charge in [0.25, 0.3) is 0 Å². The molecule has 0 spiro atoms. The molecule has 0 fully saturated rings. The molecule has 1 atom stereocenters. The fourth-order valence-electron chi connectivity index (χ4n) is 2.83. The third-order valence-electron chi connectivity index (χ3n) is 4.13. The maximum absolute atomic E-state index is 12.9. The molecule has 0 aliphatic carbocycles. The number of hydrogen-bond acceptors (Lipinski definition) is 5. The first-order valence-electron chi connectivity index (χ1n) is 7.84. The van der Waals surface area contributed by atoms with Crippen LogP contribution in [-0.2, 0) is 4.74 Å². The fourth-order valence-corrected chi connectivity index (χ4v) is 3.76. The minimum absolute atomic E-state index is 0.0755. The lowest BCUT2D eigenvalue weighted by atomic mass is 10.1. The van der Waals surface area contributed by atoms with Gasteiger partial charge in [-0.25, -0.2) is 9.78 Å². The highest BCUT2D eigenvalue weighted by Gasteiger charge is 2.26. The molecule has 3 heterocycles. The summed E-state index contributed by atoms with van der Waals surface area (Å²) in [5, 5.41) is 0.402. The Bertz CT molecular complexity index is 958. The molecule has 0 aliphatic rings. The van der Waals surface area contributed by atoms with E-state index in [-0.39, 0.29) is 11.0 Å². The number of carbonyl (C=O) groups excluding carboxylic acids is 2. The van der Waals surface area contributed by atoms with Crippen LogP contribution in [0.2, 0.25) is 0 Å². The van der Waals surface area contributed by atoms with E-state index in [1.165, 1.54) is 18.9 Å². The summed E-state index contributed by atoms with van der Waals surface area (Å²) in [5.41, 5.74) is 3.10. The first-order chi connectivity index (χ1) is 11.9. The van der Waals surface area contributed by atoms with Gasteiger partial charge < -0.3 is 9.72 Å². The van der Waals surface area contributed by atoms with Crippen LogP contribution in [0.5, 0.6) is 0 Å². The molecule has 3 aromatic rings. The maximum atomic E-state index is 12.9. The number of esters is 1. The van der Waals surface area contributed by atoms with E-state index in [0.29, 0.717) is 22.5 Å². The van der Waals surface area contributed by atoms with Crippen molar-refractivity contribution in [3.8, 4) is 0 Å². The van der Waals surface area contributed by atoms with Crippen LogP contribution in [0.3, 0.4) is 0 Å². The molecule has 25 heavy (non-hydrogen) atoms. The van der Waals surface area contributed by atoms with Crippen molar-refractivity contribution in [2.45, 2.75) is 31.2 Å². The number of nitrogens with zero attached hydrogens (tertiary/aromatic N) is 2. The maximum Gasteiger partial charge on any atom is 0.339 e. The summed E-state index contributed by atoms with van der Waals surface area (Å²) in [6, 6.07) is 5.83. The number of pyridine rings is 1. The number of aromatic amines is 1. The summed E-state index contributed by atoms with van der Waals surface area (Å²) in [7, 11) is 1.33. The lowest BCUT2D eigenvalue weighted by Crippen LogP contribution is -2.16. The Balaban J connectivity index is 1.87. The van der Waals surface area contributed by atoms with Crippen molar-refractivity contribution in [3.63, 3.8) is 0 Å². The Kier molecular flexibility index (Phi) is 4.67. The molecule has 1 N–H and O–H groups in total. The van der Waals surface area contributed by atoms with Gasteiger partial charge in [0.2, 0.25) is 0 Å². The highest BCUT2D eigenvalue weighted by Crippen LogP contribution is 2.28. The number of rotatable bonds is 5. The molecule has 1 unspecified atom stereocenters. The van der Waals surface area contributed by atoms with Crippen molar-refractivity contribution in [2.24, 2.45) is 0 Å². The van der Waals surface area contributed by atoms with Gasteiger partial charge in [-0.1, -0.05) is 17.8 Å². The topological polar surface area (TPSA) is 76.5 Å². The van der Waals surface area contributed by atoms with Crippen LogP contribution in [0.4, 0.5) is 0 Å². The number of imidazole rings is 1. The number of aryl methyl sites for hydroxylation is 1. The molecular formula is C18H19N3O3S. The van der Waals surface area contributed by atoms with Crippen LogP contribution in [-0.4, -0.2) is 38.5 Å². The van der Waals surface area contributed by atoms with Crippen molar-refractivity contribution in [2.75, 3.05) is 7.11 Å². The minimum atomic E-state index is -0.440. The van der Waals surface area contributed by atoms with Gasteiger partial charge in [-0.05, 0) is 38.5 Å². The second kappa shape index (κ2) is 6.76. The van der Waals surface area contributed by atoms with Crippen LogP contribution in [0, 0.1) is 13.8 Å². The van der Waals surface area contributed by atoms with Crippen LogP contribution in [0.25, 0.3) is 5.52 Å². The summed E-state index contributed by atoms with van der Waals surface area (Å²) in [6.45, 7) is 5.35. The molecule has 6 nitrogen and oxygen atoms in total. The van der Waals surface area contributed by atoms with Crippen LogP contribution >= 0.6 is 11.8 Å². The summed E-state index contributed by atoms with van der Waals surface area (Å²) < 4.78 is 6.74. The zero-order chi connectivity index (χ0) is 18.1. The van der Waals surface area contributed by atoms with E-state index in [2.05, 4.69) is 9.97 Å². The lowest BCUT2D eigenvalue weighted by molar-refractivity contribution is 0.0599. The van der Waals surface area contributed by atoms with Gasteiger partial charge in [0.15, 0.2) is 10.9 Å². The van der Waals surface area contributed by atoms with Gasteiger partial charge in [-0.15, -0.1) is 0 Å². The zero-order valence-electron chi connectivity index (χ0n) is 14.5. The average Bonchev–Trinajstić information content (AvgIpc) is 3.14. The average molecular weight is 357 g/mol. The van der Waals surface area contributed by atoms with Gasteiger partial charge in [-0.3, -0.25) is 9.20 Å². The Morgan fingerprint density at radius 2 is 2.08 bits per heavy atom. The van der Waals surface area contributed by atoms with Crippen molar-refractivity contribution in [1.82, 2.24) is 14.4 Å². The van der Waals surface area contributed by atoms with Gasteiger partial charge in [0.05, 0.1) is 35.3 Å². The summed E-state index contributed by atoms with van der Waals surface area (Å²) in [4.78, 5) is 32.2. The Hall–Kier alpha value is -2.54. The minimum Gasteiger partial charge on any atom is -0.465 e. The number of fused-ring (bicyclic) bond motifs is 1. The first kappa shape index (κ1) is 17.3. The quantitative estimate of drug-likeness (QED) is 0.430. The summed E-state index contributed by atoms with van der Waals surface area (Å²) in [5.74, 6) is -0.515. The van der Waals surface area contributed by atoms with Crippen molar-refractivity contribution >= 4 is 29.0 Å². The van der Waals surface area contributed by atoms with Crippen molar-refractivity contribution in [3.05, 3.63) is 53.1 Å². The van der Waals surface area contributed by atoms with E-state index >= 15 is 0 Å². The standard InChI is InChI=1S/C18H19N3O3S/c1-10-14(17(23)24-4)11(2)20-15(10)16(22)12(3)25-18-19-9-13-7-5-6-8-21(13)18/h5-9,12,20H,1-4H3. The molecule has 0 saturated heterocycles. The molecule has 0 amide bonds. The SMILES string of the molecule is COC(=O)c1c(C)[nH]c(C(=O)C(C)Sc2ncc3ccccn23)c1C. The van der Waals surface area contributed by atoms with E-state index in [9.17, 15) is 9.59 Å². The number of methoxy groups -OCH3 is 1. The van der Waals surface area contributed by atoms with E-state index in [4.69, 9.17) is 4.74 Å². The largest absolute Gasteiger partial charge is 0.465 e. The van der Waals surface area contributed by atoms with E-state index in [0.717, 1.165) is 10.7 Å². The molecule has 3 rings (SSSR count). The van der Waals surface area contributed by atoms with E-state index in [1.807, 2.05) is 35.7 Å². The van der Waals surface area contributed by atoms with Gasteiger partial charge >= 0.3 is 5.97 Å². The molecule has 3 aromatic heterocycles. The number of aromatic nitrogens is 3. The normalized spacial score (nSPS) is 12.3. The van der Waals surface area contributed by atoms with Crippen LogP contribution < -0.4 is 0 Å². The molecule has 0 bridgehead atoms. The molecule has 0 radical (unpaired) electrons. The monoisotopic (exact) mass is 357 g/mol. The fraction of sp³-hybridized carbons (Fsp3) is 0.278. The molecule has 7 heteroatoms. The van der Waals surface area contributed by atoms with Crippen molar-refractivity contribution in [1.29, 1.82) is 0 Å². The highest BCUT2D eigenvalue weighted by molar-refractivity contribution is 8.00. The predicted octanol–water partition coefficient (Wildman–Crippen LogP) is 3.43. The molecule has 130 valence electrons. The number of nitrogens with one attached hydrogen (secondary N) is 1. The van der Waals surface area contributed by atoms with Gasteiger partial charge in [0.1, 0.15) is 0 Å².